The average Bonchev–Trinajstić information content (AvgIpc) is 3.19. The van der Waals surface area contributed by atoms with Crippen LogP contribution >= 0.6 is 0 Å². The molecule has 0 bridgehead atoms. The second-order valence-electron chi connectivity index (χ2n) is 9.10. The number of benzene rings is 1. The lowest BCUT2D eigenvalue weighted by molar-refractivity contribution is -0.133. The van der Waals surface area contributed by atoms with E-state index in [1.807, 2.05) is 44.2 Å². The third-order valence-corrected chi connectivity index (χ3v) is 6.36. The summed E-state index contributed by atoms with van der Waals surface area (Å²) < 4.78 is 0. The van der Waals surface area contributed by atoms with E-state index in [1.165, 1.54) is 6.20 Å². The van der Waals surface area contributed by atoms with Crippen LogP contribution in [0.2, 0.25) is 0 Å². The quantitative estimate of drug-likeness (QED) is 0.488. The lowest BCUT2D eigenvalue weighted by Crippen LogP contribution is -2.58. The van der Waals surface area contributed by atoms with Gasteiger partial charge in [0.15, 0.2) is 11.6 Å². The van der Waals surface area contributed by atoms with Crippen molar-refractivity contribution in [3.63, 3.8) is 0 Å². The molecule has 3 unspecified atom stereocenters. The van der Waals surface area contributed by atoms with E-state index in [0.29, 0.717) is 31.4 Å². The molecule has 4 N–H and O–H groups in total. The van der Waals surface area contributed by atoms with E-state index in [9.17, 15) is 19.2 Å². The first-order chi connectivity index (χ1) is 14.7. The maximum atomic E-state index is 13.8. The highest BCUT2D eigenvalue weighted by molar-refractivity contribution is 6.11. The Balaban J connectivity index is 1.98. The first-order valence-corrected chi connectivity index (χ1v) is 10.8. The topological polar surface area (TPSA) is 118 Å². The molecule has 31 heavy (non-hydrogen) atoms. The highest BCUT2D eigenvalue weighted by atomic mass is 16.2. The molecule has 1 saturated heterocycles. The lowest BCUT2D eigenvalue weighted by Gasteiger charge is -2.36. The van der Waals surface area contributed by atoms with Gasteiger partial charge < -0.3 is 21.2 Å². The Morgan fingerprint density at radius 2 is 1.97 bits per heavy atom. The number of ketones is 2. The Labute approximate surface area is 182 Å². The van der Waals surface area contributed by atoms with Crippen LogP contribution in [-0.2, 0) is 25.6 Å². The molecule has 0 spiro atoms. The van der Waals surface area contributed by atoms with Gasteiger partial charge in [-0.25, -0.2) is 0 Å². The Morgan fingerprint density at radius 1 is 1.26 bits per heavy atom. The molecule has 2 aliphatic heterocycles. The molecule has 7 heteroatoms. The number of primary amides is 1. The summed E-state index contributed by atoms with van der Waals surface area (Å²) >= 11 is 0. The van der Waals surface area contributed by atoms with Gasteiger partial charge in [0.25, 0.3) is 0 Å². The van der Waals surface area contributed by atoms with Gasteiger partial charge in [-0.1, -0.05) is 44.2 Å². The zero-order valence-corrected chi connectivity index (χ0v) is 18.1. The van der Waals surface area contributed by atoms with Crippen molar-refractivity contribution in [2.75, 3.05) is 6.54 Å². The molecule has 1 aromatic rings. The van der Waals surface area contributed by atoms with Crippen molar-refractivity contribution >= 4 is 23.8 Å². The van der Waals surface area contributed by atoms with Gasteiger partial charge in [-0.05, 0) is 24.3 Å². The summed E-state index contributed by atoms with van der Waals surface area (Å²) in [5.41, 5.74) is 4.53. The van der Waals surface area contributed by atoms with Gasteiger partial charge in [-0.3, -0.25) is 14.4 Å². The minimum absolute atomic E-state index is 0.0476. The monoisotopic (exact) mass is 425 g/mol. The second-order valence-corrected chi connectivity index (χ2v) is 9.10. The fourth-order valence-electron chi connectivity index (χ4n) is 5.08. The summed E-state index contributed by atoms with van der Waals surface area (Å²) in [7, 11) is 0. The van der Waals surface area contributed by atoms with Crippen molar-refractivity contribution in [1.29, 1.82) is 0 Å². The molecule has 3 atom stereocenters. The van der Waals surface area contributed by atoms with Crippen LogP contribution in [0.15, 0.2) is 42.1 Å². The van der Waals surface area contributed by atoms with Crippen molar-refractivity contribution in [2.45, 2.75) is 57.0 Å². The van der Waals surface area contributed by atoms with Crippen molar-refractivity contribution in [3.05, 3.63) is 47.7 Å². The van der Waals surface area contributed by atoms with Crippen molar-refractivity contribution < 1.29 is 19.2 Å². The summed E-state index contributed by atoms with van der Waals surface area (Å²) in [4.78, 5) is 50.0. The van der Waals surface area contributed by atoms with E-state index in [-0.39, 0.29) is 30.3 Å². The Morgan fingerprint density at radius 3 is 2.58 bits per heavy atom. The van der Waals surface area contributed by atoms with Crippen LogP contribution in [0.3, 0.4) is 0 Å². The fraction of sp³-hybridized carbons (Fsp3) is 0.500. The zero-order chi connectivity index (χ0) is 22.6. The standard InChI is InChI=1S/C24H31N3O4/c1-16(2)12-23(9-6-10-28)22(31)19(15-26-23)24(13-17-7-4-3-5-8-17)21(30)18(14-27-24)11-20(25)29/h3-5,7-8,10,14,16,19,26-27H,6,9,11-13,15H2,1-2H3,(H2,25,29). The van der Waals surface area contributed by atoms with Crippen LogP contribution in [0.5, 0.6) is 0 Å². The van der Waals surface area contributed by atoms with Gasteiger partial charge in [0.05, 0.1) is 17.9 Å². The molecule has 166 valence electrons. The molecule has 1 aromatic carbocycles. The van der Waals surface area contributed by atoms with Crippen LogP contribution in [0, 0.1) is 11.8 Å². The number of aldehydes is 1. The molecule has 0 saturated carbocycles. The molecule has 7 nitrogen and oxygen atoms in total. The minimum Gasteiger partial charge on any atom is -0.377 e. The predicted octanol–water partition coefficient (Wildman–Crippen LogP) is 1.45. The highest BCUT2D eigenvalue weighted by Crippen LogP contribution is 2.40. The molecule has 3 rings (SSSR count). The van der Waals surface area contributed by atoms with Gasteiger partial charge in [0.1, 0.15) is 11.8 Å². The molecule has 0 aliphatic carbocycles. The fourth-order valence-corrected chi connectivity index (χ4v) is 5.08. The molecule has 0 aromatic heterocycles. The molecular formula is C24H31N3O4. The molecule has 2 aliphatic rings. The second kappa shape index (κ2) is 9.14. The van der Waals surface area contributed by atoms with Gasteiger partial charge in [0, 0.05) is 31.2 Å². The van der Waals surface area contributed by atoms with Gasteiger partial charge in [0.2, 0.25) is 5.91 Å². The molecule has 2 heterocycles. The largest absolute Gasteiger partial charge is 0.377 e. The van der Waals surface area contributed by atoms with Crippen LogP contribution in [0.4, 0.5) is 0 Å². The SMILES string of the molecule is CC(C)CC1(CCC=O)NCC(C2(Cc3ccccc3)NC=C(CC(N)=O)C2=O)C1=O. The minimum atomic E-state index is -1.18. The normalized spacial score (nSPS) is 28.0. The predicted molar refractivity (Wildman–Crippen MR) is 117 cm³/mol. The zero-order valence-electron chi connectivity index (χ0n) is 18.1. The maximum Gasteiger partial charge on any atom is 0.222 e. The Kier molecular flexibility index (Phi) is 6.74. The van der Waals surface area contributed by atoms with Crippen molar-refractivity contribution in [2.24, 2.45) is 17.6 Å². The average molecular weight is 426 g/mol. The van der Waals surface area contributed by atoms with E-state index >= 15 is 0 Å². The van der Waals surface area contributed by atoms with Gasteiger partial charge >= 0.3 is 0 Å². The summed E-state index contributed by atoms with van der Waals surface area (Å²) in [6.07, 6.45) is 3.78. The number of rotatable bonds is 10. The molecule has 1 fully saturated rings. The first-order valence-electron chi connectivity index (χ1n) is 10.8. The Bertz CT molecular complexity index is 895. The van der Waals surface area contributed by atoms with Gasteiger partial charge in [-0.2, -0.15) is 0 Å². The molecule has 0 radical (unpaired) electrons. The van der Waals surface area contributed by atoms with E-state index in [1.54, 1.807) is 0 Å². The summed E-state index contributed by atoms with van der Waals surface area (Å²) in [5, 5.41) is 6.58. The summed E-state index contributed by atoms with van der Waals surface area (Å²) in [5.74, 6) is -1.29. The third kappa shape index (κ3) is 4.46. The maximum absolute atomic E-state index is 13.8. The number of carbonyl (C=O) groups is 4. The van der Waals surface area contributed by atoms with E-state index in [0.717, 1.165) is 11.8 Å². The summed E-state index contributed by atoms with van der Waals surface area (Å²) in [6.45, 7) is 4.40. The van der Waals surface area contributed by atoms with Crippen molar-refractivity contribution in [1.82, 2.24) is 10.6 Å². The number of carbonyl (C=O) groups excluding carboxylic acids is 4. The van der Waals surface area contributed by atoms with E-state index in [2.05, 4.69) is 10.6 Å². The van der Waals surface area contributed by atoms with Crippen LogP contribution < -0.4 is 16.4 Å². The lowest BCUT2D eigenvalue weighted by atomic mass is 9.70. The first kappa shape index (κ1) is 22.9. The number of nitrogens with one attached hydrogen (secondary N) is 2. The highest BCUT2D eigenvalue weighted by Gasteiger charge is 2.59. The third-order valence-electron chi connectivity index (χ3n) is 6.36. The van der Waals surface area contributed by atoms with Crippen LogP contribution in [-0.4, -0.2) is 41.4 Å². The smallest absolute Gasteiger partial charge is 0.222 e. The van der Waals surface area contributed by atoms with Crippen molar-refractivity contribution in [3.8, 4) is 0 Å². The van der Waals surface area contributed by atoms with Gasteiger partial charge in [-0.15, -0.1) is 0 Å². The number of nitrogens with two attached hydrogens (primary N) is 1. The number of Topliss-reactive ketones (excluding diaryl/α,β-unsaturated/α-hetero) is 2. The van der Waals surface area contributed by atoms with Crippen LogP contribution in [0.25, 0.3) is 0 Å². The summed E-state index contributed by atoms with van der Waals surface area (Å²) in [6, 6.07) is 9.52. The van der Waals surface area contributed by atoms with Crippen LogP contribution in [0.1, 0.15) is 45.1 Å². The molecule has 1 amide bonds. The Hall–Kier alpha value is -2.80. The van der Waals surface area contributed by atoms with E-state index < -0.39 is 22.9 Å². The number of hydrogen-bond donors (Lipinski definition) is 3. The number of amides is 1. The molecular weight excluding hydrogens is 394 g/mol. The van der Waals surface area contributed by atoms with E-state index in [4.69, 9.17) is 5.73 Å². The number of hydrogen-bond acceptors (Lipinski definition) is 6.